The van der Waals surface area contributed by atoms with Crippen LogP contribution in [-0.2, 0) is 16.4 Å². The fraction of sp³-hybridized carbons (Fsp3) is 0.400. The zero-order chi connectivity index (χ0) is 21.3. The molecular weight excluding hydrogens is 398 g/mol. The molecule has 2 heterocycles. The highest BCUT2D eigenvalue weighted by molar-refractivity contribution is 7.91. The van der Waals surface area contributed by atoms with Crippen LogP contribution >= 0.6 is 0 Å². The number of nitrogen functional groups attached to an aromatic ring is 1. The van der Waals surface area contributed by atoms with Gasteiger partial charge in [0.1, 0.15) is 27.9 Å². The van der Waals surface area contributed by atoms with E-state index < -0.39 is 26.4 Å². The van der Waals surface area contributed by atoms with Crippen molar-refractivity contribution >= 4 is 26.7 Å². The second kappa shape index (κ2) is 8.06. The second-order valence-corrected chi connectivity index (χ2v) is 9.25. The van der Waals surface area contributed by atoms with Crippen LogP contribution in [0.1, 0.15) is 36.3 Å². The number of imidazole rings is 1. The van der Waals surface area contributed by atoms with Gasteiger partial charge in [-0.15, -0.1) is 0 Å². The molecule has 0 radical (unpaired) electrons. The summed E-state index contributed by atoms with van der Waals surface area (Å²) in [5.74, 6) is -0.817. The van der Waals surface area contributed by atoms with Gasteiger partial charge in [-0.2, -0.15) is 0 Å². The summed E-state index contributed by atoms with van der Waals surface area (Å²) in [5.41, 5.74) is 9.50. The Bertz CT molecular complexity index is 1170. The molecule has 2 N–H and O–H groups in total. The third-order valence-corrected chi connectivity index (χ3v) is 6.94. The molecule has 0 saturated heterocycles. The molecule has 0 atom stereocenters. The smallest absolute Gasteiger partial charge is 0.181 e. The van der Waals surface area contributed by atoms with Crippen molar-refractivity contribution in [1.82, 2.24) is 14.5 Å². The number of unbranched alkanes of at least 4 members (excludes halogenated alkanes) is 2. The third-order valence-electron chi connectivity index (χ3n) is 5.11. The van der Waals surface area contributed by atoms with Crippen molar-refractivity contribution < 1.29 is 17.2 Å². The number of fused-ring (bicyclic) bond motifs is 1. The third kappa shape index (κ3) is 4.24. The van der Waals surface area contributed by atoms with E-state index in [1.807, 2.05) is 20.8 Å². The van der Waals surface area contributed by atoms with Crippen LogP contribution in [0.2, 0.25) is 0 Å². The Labute approximate surface area is 168 Å². The summed E-state index contributed by atoms with van der Waals surface area (Å²) in [4.78, 5) is 8.38. The first kappa shape index (κ1) is 21.2. The van der Waals surface area contributed by atoms with Gasteiger partial charge in [0.2, 0.25) is 0 Å². The first-order chi connectivity index (χ1) is 13.6. The van der Waals surface area contributed by atoms with Crippen molar-refractivity contribution in [3.63, 3.8) is 0 Å². The van der Waals surface area contributed by atoms with Crippen LogP contribution in [-0.4, -0.2) is 28.7 Å². The highest BCUT2D eigenvalue weighted by Gasteiger charge is 2.19. The van der Waals surface area contributed by atoms with Crippen molar-refractivity contribution in [1.29, 1.82) is 0 Å². The van der Waals surface area contributed by atoms with Gasteiger partial charge in [-0.25, -0.2) is 27.2 Å². The van der Waals surface area contributed by atoms with Gasteiger partial charge in [0.15, 0.2) is 15.7 Å². The predicted molar refractivity (Wildman–Crippen MR) is 108 cm³/mol. The van der Waals surface area contributed by atoms with Gasteiger partial charge in [0.25, 0.3) is 0 Å². The molecule has 1 aromatic carbocycles. The Morgan fingerprint density at radius 3 is 2.48 bits per heavy atom. The molecule has 3 aromatic rings. The summed E-state index contributed by atoms with van der Waals surface area (Å²) < 4.78 is 53.4. The van der Waals surface area contributed by atoms with E-state index in [1.54, 1.807) is 0 Å². The zero-order valence-corrected chi connectivity index (χ0v) is 17.5. The normalized spacial score (nSPS) is 12.0. The fourth-order valence-corrected chi connectivity index (χ4v) is 4.90. The van der Waals surface area contributed by atoms with Gasteiger partial charge in [0.05, 0.1) is 11.3 Å². The maximum absolute atomic E-state index is 13.8. The molecule has 0 saturated carbocycles. The van der Waals surface area contributed by atoms with Crippen LogP contribution in [0.15, 0.2) is 23.1 Å². The number of hydrogen-bond acceptors (Lipinski definition) is 5. The molecule has 0 aliphatic rings. The lowest BCUT2D eigenvalue weighted by Crippen LogP contribution is -2.10. The summed E-state index contributed by atoms with van der Waals surface area (Å²) in [6.45, 7) is 6.44. The quantitative estimate of drug-likeness (QED) is 0.461. The van der Waals surface area contributed by atoms with Gasteiger partial charge < -0.3 is 10.3 Å². The number of anilines is 1. The summed E-state index contributed by atoms with van der Waals surface area (Å²) in [7, 11) is -3.79. The molecule has 0 unspecified atom stereocenters. The van der Waals surface area contributed by atoms with Crippen molar-refractivity contribution in [2.45, 2.75) is 51.5 Å². The molecule has 0 aliphatic carbocycles. The van der Waals surface area contributed by atoms with Gasteiger partial charge in [-0.05, 0) is 51.3 Å². The van der Waals surface area contributed by atoms with Crippen molar-refractivity contribution in [3.8, 4) is 0 Å². The molecule has 0 aliphatic heterocycles. The minimum absolute atomic E-state index is 0.186. The SMILES string of the molecule is Cc1nc(N)c2nc(C)n(CCCCCS(=O)(=O)c3ccc(F)cc3F)c2c1C. The van der Waals surface area contributed by atoms with Crippen molar-refractivity contribution in [2.24, 2.45) is 0 Å². The topological polar surface area (TPSA) is 90.9 Å². The minimum atomic E-state index is -3.79. The van der Waals surface area contributed by atoms with Crippen LogP contribution in [0.25, 0.3) is 11.0 Å². The Morgan fingerprint density at radius 1 is 1.07 bits per heavy atom. The van der Waals surface area contributed by atoms with Crippen molar-refractivity contribution in [3.05, 3.63) is 46.9 Å². The van der Waals surface area contributed by atoms with E-state index in [9.17, 15) is 17.2 Å². The first-order valence-electron chi connectivity index (χ1n) is 9.39. The Morgan fingerprint density at radius 2 is 1.79 bits per heavy atom. The van der Waals surface area contributed by atoms with E-state index in [2.05, 4.69) is 14.5 Å². The molecule has 9 heteroatoms. The maximum Gasteiger partial charge on any atom is 0.181 e. The lowest BCUT2D eigenvalue weighted by molar-refractivity contribution is 0.545. The lowest BCUT2D eigenvalue weighted by Gasteiger charge is -2.11. The highest BCUT2D eigenvalue weighted by Crippen LogP contribution is 2.26. The standard InChI is InChI=1S/C20H24F2N4O2S/c1-12-13(2)24-20(23)18-19(12)26(14(3)25-18)9-5-4-6-10-29(27,28)17-8-7-15(21)11-16(17)22/h7-8,11H,4-6,9-10H2,1-3H3,(H2,23,24). The molecular formula is C20H24F2N4O2S. The van der Waals surface area contributed by atoms with Gasteiger partial charge in [-0.3, -0.25) is 0 Å². The van der Waals surface area contributed by atoms with Crippen LogP contribution < -0.4 is 5.73 Å². The van der Waals surface area contributed by atoms with E-state index in [0.29, 0.717) is 36.8 Å². The molecule has 0 bridgehead atoms. The Balaban J connectivity index is 1.65. The van der Waals surface area contributed by atoms with Crippen LogP contribution in [0.4, 0.5) is 14.6 Å². The Kier molecular flexibility index (Phi) is 5.88. The number of hydrogen-bond donors (Lipinski definition) is 1. The van der Waals surface area contributed by atoms with E-state index in [1.165, 1.54) is 0 Å². The number of pyridine rings is 1. The number of rotatable bonds is 7. The zero-order valence-electron chi connectivity index (χ0n) is 16.7. The Hall–Kier alpha value is -2.55. The van der Waals surface area contributed by atoms with Crippen LogP contribution in [0, 0.1) is 32.4 Å². The number of aryl methyl sites for hydroxylation is 4. The van der Waals surface area contributed by atoms with Gasteiger partial charge in [-0.1, -0.05) is 6.42 Å². The number of aromatic nitrogens is 3. The van der Waals surface area contributed by atoms with Crippen LogP contribution in [0.5, 0.6) is 0 Å². The molecule has 3 rings (SSSR count). The van der Waals surface area contributed by atoms with Crippen molar-refractivity contribution in [2.75, 3.05) is 11.5 Å². The molecule has 29 heavy (non-hydrogen) atoms. The number of nitrogens with zero attached hydrogens (tertiary/aromatic N) is 3. The van der Waals surface area contributed by atoms with Gasteiger partial charge in [0, 0.05) is 18.3 Å². The monoisotopic (exact) mass is 422 g/mol. The first-order valence-corrected chi connectivity index (χ1v) is 11.0. The molecule has 0 amide bonds. The largest absolute Gasteiger partial charge is 0.382 e. The highest BCUT2D eigenvalue weighted by atomic mass is 32.2. The summed E-state index contributed by atoms with van der Waals surface area (Å²) in [6.07, 6.45) is 1.75. The summed E-state index contributed by atoms with van der Waals surface area (Å²) >= 11 is 0. The number of halogens is 2. The van der Waals surface area contributed by atoms with E-state index >= 15 is 0 Å². The van der Waals surface area contributed by atoms with E-state index in [4.69, 9.17) is 5.73 Å². The molecule has 6 nitrogen and oxygen atoms in total. The van der Waals surface area contributed by atoms with Gasteiger partial charge >= 0.3 is 0 Å². The number of nitrogens with two attached hydrogens (primary N) is 1. The molecule has 0 fully saturated rings. The van der Waals surface area contributed by atoms with Crippen LogP contribution in [0.3, 0.4) is 0 Å². The average Bonchev–Trinajstić information content (AvgIpc) is 2.96. The van der Waals surface area contributed by atoms with E-state index in [-0.39, 0.29) is 5.75 Å². The number of benzene rings is 1. The maximum atomic E-state index is 13.8. The average molecular weight is 423 g/mol. The van der Waals surface area contributed by atoms with E-state index in [0.717, 1.165) is 41.2 Å². The summed E-state index contributed by atoms with van der Waals surface area (Å²) in [6, 6.07) is 2.52. The fourth-order valence-electron chi connectivity index (χ4n) is 3.46. The lowest BCUT2D eigenvalue weighted by atomic mass is 10.2. The predicted octanol–water partition coefficient (Wildman–Crippen LogP) is 3.86. The minimum Gasteiger partial charge on any atom is -0.382 e. The second-order valence-electron chi connectivity index (χ2n) is 7.17. The molecule has 0 spiro atoms. The molecule has 156 valence electrons. The summed E-state index contributed by atoms with van der Waals surface area (Å²) in [5, 5.41) is 0. The number of sulfone groups is 1. The molecule has 2 aromatic heterocycles.